The predicted octanol–water partition coefficient (Wildman–Crippen LogP) is 2.83. The maximum Gasteiger partial charge on any atom is 0.246 e. The Kier molecular flexibility index (Phi) is 3.24. The van der Waals surface area contributed by atoms with Crippen molar-refractivity contribution < 1.29 is 4.79 Å². The highest BCUT2D eigenvalue weighted by Crippen LogP contribution is 2.26. The number of benzene rings is 1. The Morgan fingerprint density at radius 1 is 1.25 bits per heavy atom. The van der Waals surface area contributed by atoms with Gasteiger partial charge in [-0.2, -0.15) is 0 Å². The van der Waals surface area contributed by atoms with Crippen LogP contribution >= 0.6 is 11.6 Å². The quantitative estimate of drug-likeness (QED) is 0.876. The van der Waals surface area contributed by atoms with Gasteiger partial charge >= 0.3 is 0 Å². The lowest BCUT2D eigenvalue weighted by Gasteiger charge is -2.11. The van der Waals surface area contributed by atoms with Crippen LogP contribution in [0.15, 0.2) is 41.5 Å². The van der Waals surface area contributed by atoms with Gasteiger partial charge in [0, 0.05) is 28.0 Å². The fourth-order valence-electron chi connectivity index (χ4n) is 2.16. The van der Waals surface area contributed by atoms with Crippen molar-refractivity contribution in [1.29, 1.82) is 0 Å². The number of aryl methyl sites for hydroxylation is 1. The van der Waals surface area contributed by atoms with Crippen molar-refractivity contribution in [2.24, 2.45) is 4.99 Å². The molecule has 1 amide bonds. The van der Waals surface area contributed by atoms with Gasteiger partial charge < -0.3 is 5.32 Å². The number of aromatic nitrogens is 1. The van der Waals surface area contributed by atoms with Gasteiger partial charge in [-0.3, -0.25) is 14.8 Å². The van der Waals surface area contributed by atoms with Gasteiger partial charge in [-0.1, -0.05) is 29.8 Å². The lowest BCUT2D eigenvalue weighted by atomic mass is 10.0. The van der Waals surface area contributed by atoms with E-state index in [0.717, 1.165) is 22.5 Å². The standard InChI is InChI=1S/C15H12ClN3O/c1-9-6-13-11(7-17-9)15(18-8-14(20)19-13)10-4-2-3-5-12(10)16/h2-7H,8H2,1H3,(H,19,20). The van der Waals surface area contributed by atoms with Crippen LogP contribution in [0, 0.1) is 6.92 Å². The number of anilines is 1. The molecule has 4 nitrogen and oxygen atoms in total. The van der Waals surface area contributed by atoms with Crippen molar-refractivity contribution in [2.75, 3.05) is 11.9 Å². The van der Waals surface area contributed by atoms with Crippen LogP contribution in [0.4, 0.5) is 5.69 Å². The number of amides is 1. The Bertz CT molecular complexity index is 725. The van der Waals surface area contributed by atoms with Crippen LogP contribution in [0.3, 0.4) is 0 Å². The van der Waals surface area contributed by atoms with E-state index in [1.165, 1.54) is 0 Å². The van der Waals surface area contributed by atoms with E-state index in [1.807, 2.05) is 31.2 Å². The van der Waals surface area contributed by atoms with E-state index >= 15 is 0 Å². The SMILES string of the molecule is Cc1cc2c(cn1)C(c1ccccc1Cl)=NCC(=O)N2. The molecule has 0 fully saturated rings. The molecule has 0 radical (unpaired) electrons. The lowest BCUT2D eigenvalue weighted by molar-refractivity contribution is -0.114. The van der Waals surface area contributed by atoms with Crippen LogP contribution in [-0.2, 0) is 4.79 Å². The van der Waals surface area contributed by atoms with Gasteiger partial charge in [-0.05, 0) is 19.1 Å². The van der Waals surface area contributed by atoms with E-state index in [1.54, 1.807) is 12.3 Å². The Morgan fingerprint density at radius 3 is 2.85 bits per heavy atom. The van der Waals surface area contributed by atoms with Crippen molar-refractivity contribution >= 4 is 28.9 Å². The van der Waals surface area contributed by atoms with E-state index < -0.39 is 0 Å². The largest absolute Gasteiger partial charge is 0.324 e. The molecule has 1 aromatic carbocycles. The summed E-state index contributed by atoms with van der Waals surface area (Å²) in [7, 11) is 0. The molecule has 20 heavy (non-hydrogen) atoms. The van der Waals surface area contributed by atoms with Gasteiger partial charge in [-0.25, -0.2) is 0 Å². The van der Waals surface area contributed by atoms with Gasteiger partial charge in [0.05, 0.1) is 11.4 Å². The first-order valence-corrected chi connectivity index (χ1v) is 6.59. The summed E-state index contributed by atoms with van der Waals surface area (Å²) in [5, 5.41) is 3.45. The highest BCUT2D eigenvalue weighted by molar-refractivity contribution is 6.36. The van der Waals surface area contributed by atoms with Crippen LogP contribution in [0.2, 0.25) is 5.02 Å². The molecule has 1 N–H and O–H groups in total. The number of hydrogen-bond acceptors (Lipinski definition) is 3. The summed E-state index contributed by atoms with van der Waals surface area (Å²) in [5.74, 6) is -0.140. The Labute approximate surface area is 121 Å². The molecule has 0 saturated heterocycles. The van der Waals surface area contributed by atoms with Crippen molar-refractivity contribution in [3.05, 3.63) is 58.4 Å². The molecule has 0 atom stereocenters. The molecule has 0 saturated carbocycles. The molecule has 1 aliphatic rings. The number of halogens is 1. The number of rotatable bonds is 1. The molecule has 0 aliphatic carbocycles. The van der Waals surface area contributed by atoms with Gasteiger partial charge in [-0.15, -0.1) is 0 Å². The van der Waals surface area contributed by atoms with Crippen LogP contribution in [0.25, 0.3) is 0 Å². The second-order valence-electron chi connectivity index (χ2n) is 4.56. The second-order valence-corrected chi connectivity index (χ2v) is 4.97. The van der Waals surface area contributed by atoms with E-state index in [2.05, 4.69) is 15.3 Å². The fourth-order valence-corrected chi connectivity index (χ4v) is 2.39. The van der Waals surface area contributed by atoms with Gasteiger partial charge in [0.15, 0.2) is 0 Å². The molecular formula is C15H12ClN3O. The van der Waals surface area contributed by atoms with Crippen LogP contribution in [-0.4, -0.2) is 23.1 Å². The van der Waals surface area contributed by atoms with Gasteiger partial charge in [0.2, 0.25) is 5.91 Å². The van der Waals surface area contributed by atoms with Crippen LogP contribution in [0.5, 0.6) is 0 Å². The zero-order valence-corrected chi connectivity index (χ0v) is 11.6. The number of nitrogens with zero attached hydrogens (tertiary/aromatic N) is 2. The van der Waals surface area contributed by atoms with Gasteiger partial charge in [0.25, 0.3) is 0 Å². The molecule has 1 aromatic heterocycles. The average molecular weight is 286 g/mol. The van der Waals surface area contributed by atoms with E-state index in [0.29, 0.717) is 10.7 Å². The van der Waals surface area contributed by atoms with Gasteiger partial charge in [0.1, 0.15) is 6.54 Å². The molecule has 3 rings (SSSR count). The number of hydrogen-bond donors (Lipinski definition) is 1. The summed E-state index contributed by atoms with van der Waals surface area (Å²) in [6.45, 7) is 1.96. The van der Waals surface area contributed by atoms with E-state index in [9.17, 15) is 4.79 Å². The number of carbonyl (C=O) groups is 1. The topological polar surface area (TPSA) is 54.4 Å². The lowest BCUT2D eigenvalue weighted by Crippen LogP contribution is -2.13. The number of pyridine rings is 1. The minimum atomic E-state index is -0.140. The average Bonchev–Trinajstić information content (AvgIpc) is 2.57. The monoisotopic (exact) mass is 285 g/mol. The number of aliphatic imine (C=N–C) groups is 1. The summed E-state index contributed by atoms with van der Waals surface area (Å²) >= 11 is 6.24. The summed E-state index contributed by atoms with van der Waals surface area (Å²) in [6, 6.07) is 9.29. The third-order valence-electron chi connectivity index (χ3n) is 3.08. The fraction of sp³-hybridized carbons (Fsp3) is 0.133. The number of fused-ring (bicyclic) bond motifs is 1. The van der Waals surface area contributed by atoms with E-state index in [4.69, 9.17) is 11.6 Å². The summed E-state index contributed by atoms with van der Waals surface area (Å²) in [6.07, 6.45) is 1.72. The minimum Gasteiger partial charge on any atom is -0.324 e. The maximum atomic E-state index is 11.7. The molecular weight excluding hydrogens is 274 g/mol. The smallest absolute Gasteiger partial charge is 0.246 e. The van der Waals surface area contributed by atoms with Crippen molar-refractivity contribution in [1.82, 2.24) is 4.98 Å². The maximum absolute atomic E-state index is 11.7. The number of carbonyl (C=O) groups excluding carboxylic acids is 1. The highest BCUT2D eigenvalue weighted by atomic mass is 35.5. The molecule has 2 heterocycles. The molecule has 5 heteroatoms. The van der Waals surface area contributed by atoms with E-state index in [-0.39, 0.29) is 12.5 Å². The first-order valence-electron chi connectivity index (χ1n) is 6.21. The molecule has 0 unspecified atom stereocenters. The normalized spacial score (nSPS) is 14.1. The molecule has 0 bridgehead atoms. The Hall–Kier alpha value is -2.20. The third-order valence-corrected chi connectivity index (χ3v) is 3.41. The predicted molar refractivity (Wildman–Crippen MR) is 79.6 cm³/mol. The first kappa shape index (κ1) is 12.8. The molecule has 0 spiro atoms. The molecule has 1 aliphatic heterocycles. The molecule has 100 valence electrons. The Morgan fingerprint density at radius 2 is 2.05 bits per heavy atom. The van der Waals surface area contributed by atoms with Crippen molar-refractivity contribution in [3.63, 3.8) is 0 Å². The highest BCUT2D eigenvalue weighted by Gasteiger charge is 2.19. The third kappa shape index (κ3) is 2.30. The van der Waals surface area contributed by atoms with Crippen LogP contribution in [0.1, 0.15) is 16.8 Å². The second kappa shape index (κ2) is 5.06. The summed E-state index contributed by atoms with van der Waals surface area (Å²) < 4.78 is 0. The zero-order chi connectivity index (χ0) is 14.1. The van der Waals surface area contributed by atoms with Crippen LogP contribution < -0.4 is 5.32 Å². The summed E-state index contributed by atoms with van der Waals surface area (Å²) in [5.41, 5.74) is 3.84. The van der Waals surface area contributed by atoms with Crippen molar-refractivity contribution in [2.45, 2.75) is 6.92 Å². The molecule has 2 aromatic rings. The number of nitrogens with one attached hydrogen (secondary N) is 1. The Balaban J connectivity index is 2.21. The minimum absolute atomic E-state index is 0.0777. The summed E-state index contributed by atoms with van der Waals surface area (Å²) in [4.78, 5) is 20.4. The first-order chi connectivity index (χ1) is 9.65. The van der Waals surface area contributed by atoms with Crippen molar-refractivity contribution in [3.8, 4) is 0 Å². The zero-order valence-electron chi connectivity index (χ0n) is 10.9.